The zero-order chi connectivity index (χ0) is 17.1. The number of benzene rings is 1. The summed E-state index contributed by atoms with van der Waals surface area (Å²) in [4.78, 5) is 16.1. The molecule has 1 N–H and O–H groups in total. The maximum atomic E-state index is 14.3. The van der Waals surface area contributed by atoms with Gasteiger partial charge in [-0.25, -0.2) is 9.37 Å². The first-order valence-electron chi connectivity index (χ1n) is 7.30. The lowest BCUT2D eigenvalue weighted by atomic mass is 10.2. The average Bonchev–Trinajstić information content (AvgIpc) is 2.99. The third-order valence-electron chi connectivity index (χ3n) is 3.61. The highest BCUT2D eigenvalue weighted by atomic mass is 19.1. The van der Waals surface area contributed by atoms with E-state index in [1.165, 1.54) is 30.6 Å². The summed E-state index contributed by atoms with van der Waals surface area (Å²) < 4.78 is 16.5. The lowest BCUT2D eigenvalue weighted by molar-refractivity contribution is -0.605. The molecule has 0 saturated heterocycles. The van der Waals surface area contributed by atoms with Gasteiger partial charge in [0.1, 0.15) is 11.6 Å². The molecule has 0 unspecified atom stereocenters. The van der Waals surface area contributed by atoms with Crippen molar-refractivity contribution in [3.63, 3.8) is 0 Å². The molecule has 0 aliphatic carbocycles. The molecule has 0 atom stereocenters. The van der Waals surface area contributed by atoms with Crippen LogP contribution in [-0.2, 0) is 6.54 Å². The van der Waals surface area contributed by atoms with Gasteiger partial charge in [0.2, 0.25) is 0 Å². The molecule has 7 heteroatoms. The van der Waals surface area contributed by atoms with Crippen molar-refractivity contribution in [1.29, 1.82) is 0 Å². The number of amides is 1. The minimum absolute atomic E-state index is 0.186. The number of carbonyl (C=O) groups excluding carboxylic acids is 1. The number of carbonyl (C=O) groups is 1. The summed E-state index contributed by atoms with van der Waals surface area (Å²) in [6.07, 6.45) is 5.79. The van der Waals surface area contributed by atoms with Gasteiger partial charge in [0.05, 0.1) is 11.3 Å². The van der Waals surface area contributed by atoms with Gasteiger partial charge in [-0.05, 0) is 24.6 Å². The summed E-state index contributed by atoms with van der Waals surface area (Å²) in [5, 5.41) is 13.6. The van der Waals surface area contributed by atoms with Crippen molar-refractivity contribution >= 4 is 5.91 Å². The molecule has 0 aliphatic heterocycles. The van der Waals surface area contributed by atoms with Crippen LogP contribution in [0.1, 0.15) is 21.7 Å². The summed E-state index contributed by atoms with van der Waals surface area (Å²) in [6, 6.07) is 7.62. The second-order valence-corrected chi connectivity index (χ2v) is 5.26. The highest BCUT2D eigenvalue weighted by Gasteiger charge is 2.10. The average molecular weight is 326 g/mol. The molecule has 0 saturated carbocycles. The molecule has 0 aliphatic rings. The molecular weight excluding hydrogens is 311 g/mol. The third-order valence-corrected chi connectivity index (χ3v) is 3.61. The fraction of sp³-hybridized carbons (Fsp3) is 0.118. The van der Waals surface area contributed by atoms with Crippen LogP contribution in [0.2, 0.25) is 0 Å². The predicted molar refractivity (Wildman–Crippen MR) is 84.8 cm³/mol. The fourth-order valence-corrected chi connectivity index (χ4v) is 2.34. The Morgan fingerprint density at radius 2 is 2.08 bits per heavy atom. The number of pyridine rings is 1. The van der Waals surface area contributed by atoms with Gasteiger partial charge in [0.25, 0.3) is 5.91 Å². The molecule has 2 heterocycles. The number of rotatable bonds is 4. The number of aromatic nitrogens is 3. The molecule has 0 radical (unpaired) electrons. The maximum Gasteiger partial charge on any atom is 0.252 e. The van der Waals surface area contributed by atoms with Crippen molar-refractivity contribution in [1.82, 2.24) is 14.9 Å². The zero-order valence-electron chi connectivity index (χ0n) is 12.9. The smallest absolute Gasteiger partial charge is 0.252 e. The molecule has 122 valence electrons. The van der Waals surface area contributed by atoms with Gasteiger partial charge in [-0.2, -0.15) is 4.73 Å². The molecule has 0 spiro atoms. The Morgan fingerprint density at radius 3 is 2.71 bits per heavy atom. The topological polar surface area (TPSA) is 73.9 Å². The third kappa shape index (κ3) is 3.24. The molecule has 3 aromatic rings. The summed E-state index contributed by atoms with van der Waals surface area (Å²) in [6.45, 7) is 1.98. The number of nitrogens with zero attached hydrogens (tertiary/aromatic N) is 3. The highest BCUT2D eigenvalue weighted by molar-refractivity contribution is 5.93. The number of imidazole rings is 1. The molecule has 6 nitrogen and oxygen atoms in total. The first-order valence-corrected chi connectivity index (χ1v) is 7.30. The van der Waals surface area contributed by atoms with E-state index in [1.54, 1.807) is 36.0 Å². The summed E-state index contributed by atoms with van der Waals surface area (Å²) >= 11 is 0. The van der Waals surface area contributed by atoms with E-state index in [2.05, 4.69) is 10.3 Å². The Balaban J connectivity index is 1.70. The number of halogens is 1. The molecule has 1 amide bonds. The van der Waals surface area contributed by atoms with Gasteiger partial charge in [-0.15, -0.1) is 0 Å². The fourth-order valence-electron chi connectivity index (χ4n) is 2.34. The second-order valence-electron chi connectivity index (χ2n) is 5.26. The number of nitrogens with one attached hydrogen (secondary N) is 1. The second kappa shape index (κ2) is 6.49. The van der Waals surface area contributed by atoms with Gasteiger partial charge in [0, 0.05) is 31.1 Å². The standard InChI is InChI=1S/C17H15FN4O2/c1-12-19-6-9-22(12)16-3-2-13(10-15(16)18)11-20-17(23)14-4-7-21(24)8-5-14/h2-10H,11H2,1H3,(H,20,23). The lowest BCUT2D eigenvalue weighted by Gasteiger charge is -2.09. The minimum Gasteiger partial charge on any atom is -0.619 e. The van der Waals surface area contributed by atoms with Gasteiger partial charge in [-0.1, -0.05) is 6.07 Å². The van der Waals surface area contributed by atoms with E-state index in [-0.39, 0.29) is 12.5 Å². The van der Waals surface area contributed by atoms with Crippen LogP contribution in [0.4, 0.5) is 4.39 Å². The quantitative estimate of drug-likeness (QED) is 0.588. The summed E-state index contributed by atoms with van der Waals surface area (Å²) in [5.74, 6) is -0.0323. The normalized spacial score (nSPS) is 10.6. The van der Waals surface area contributed by atoms with Crippen LogP contribution in [-0.4, -0.2) is 15.5 Å². The maximum absolute atomic E-state index is 14.3. The predicted octanol–water partition coefficient (Wildman–Crippen LogP) is 1.88. The molecule has 1 aromatic carbocycles. The first kappa shape index (κ1) is 15.7. The number of hydrogen-bond acceptors (Lipinski definition) is 3. The van der Waals surface area contributed by atoms with E-state index in [1.807, 2.05) is 0 Å². The summed E-state index contributed by atoms with van der Waals surface area (Å²) in [7, 11) is 0. The molecule has 3 rings (SSSR count). The summed E-state index contributed by atoms with van der Waals surface area (Å²) in [5.41, 5.74) is 1.41. The Labute approximate surface area is 137 Å². The number of hydrogen-bond donors (Lipinski definition) is 1. The highest BCUT2D eigenvalue weighted by Crippen LogP contribution is 2.16. The van der Waals surface area contributed by atoms with E-state index in [9.17, 15) is 14.4 Å². The molecule has 0 bridgehead atoms. The molecule has 0 fully saturated rings. The van der Waals surface area contributed by atoms with Crippen LogP contribution < -0.4 is 10.0 Å². The minimum atomic E-state index is -0.394. The van der Waals surface area contributed by atoms with Gasteiger partial charge >= 0.3 is 0 Å². The van der Waals surface area contributed by atoms with Gasteiger partial charge < -0.3 is 15.1 Å². The van der Waals surface area contributed by atoms with Crippen LogP contribution in [0.25, 0.3) is 5.69 Å². The Hall–Kier alpha value is -3.22. The van der Waals surface area contributed by atoms with Crippen molar-refractivity contribution in [3.8, 4) is 5.69 Å². The Kier molecular flexibility index (Phi) is 4.24. The Morgan fingerprint density at radius 1 is 1.33 bits per heavy atom. The van der Waals surface area contributed by atoms with Gasteiger partial charge in [-0.3, -0.25) is 4.79 Å². The van der Waals surface area contributed by atoms with E-state index in [0.29, 0.717) is 27.4 Å². The van der Waals surface area contributed by atoms with Crippen molar-refractivity contribution in [2.24, 2.45) is 0 Å². The van der Waals surface area contributed by atoms with Crippen molar-refractivity contribution in [3.05, 3.63) is 83.1 Å². The van der Waals surface area contributed by atoms with Crippen molar-refractivity contribution in [2.45, 2.75) is 13.5 Å². The van der Waals surface area contributed by atoms with Crippen LogP contribution in [0.15, 0.2) is 55.1 Å². The zero-order valence-corrected chi connectivity index (χ0v) is 12.9. The molecule has 2 aromatic heterocycles. The SMILES string of the molecule is Cc1nccn1-c1ccc(CNC(=O)c2cc[n+]([O-])cc2)cc1F. The van der Waals surface area contributed by atoms with E-state index in [0.717, 1.165) is 0 Å². The largest absolute Gasteiger partial charge is 0.619 e. The van der Waals surface area contributed by atoms with E-state index < -0.39 is 5.82 Å². The first-order chi connectivity index (χ1) is 11.5. The van der Waals surface area contributed by atoms with Crippen molar-refractivity contribution < 1.29 is 13.9 Å². The van der Waals surface area contributed by atoms with E-state index >= 15 is 0 Å². The molecule has 24 heavy (non-hydrogen) atoms. The van der Waals surface area contributed by atoms with Crippen LogP contribution in [0.5, 0.6) is 0 Å². The van der Waals surface area contributed by atoms with E-state index in [4.69, 9.17) is 0 Å². The van der Waals surface area contributed by atoms with Crippen LogP contribution >= 0.6 is 0 Å². The Bertz CT molecular complexity index is 875. The van der Waals surface area contributed by atoms with Crippen molar-refractivity contribution in [2.75, 3.05) is 0 Å². The van der Waals surface area contributed by atoms with Crippen LogP contribution in [0.3, 0.4) is 0 Å². The van der Waals surface area contributed by atoms with Crippen LogP contribution in [0, 0.1) is 17.9 Å². The van der Waals surface area contributed by atoms with Gasteiger partial charge in [0.15, 0.2) is 12.4 Å². The lowest BCUT2D eigenvalue weighted by Crippen LogP contribution is -2.27. The molecular formula is C17H15FN4O2. The monoisotopic (exact) mass is 326 g/mol. The number of aryl methyl sites for hydroxylation is 1.